The SMILES string of the molecule is N[C@@H]1[C@@H]2CC[C@@H](C2)C12CCOCC2. The van der Waals surface area contributed by atoms with Crippen molar-refractivity contribution in [3.63, 3.8) is 0 Å². The van der Waals surface area contributed by atoms with Crippen LogP contribution in [0.5, 0.6) is 0 Å². The van der Waals surface area contributed by atoms with Crippen LogP contribution in [0.15, 0.2) is 0 Å². The molecule has 0 amide bonds. The fourth-order valence-electron chi connectivity index (χ4n) is 4.10. The zero-order valence-electron chi connectivity index (χ0n) is 8.17. The molecular formula is C11H19NO. The zero-order valence-corrected chi connectivity index (χ0v) is 8.17. The summed E-state index contributed by atoms with van der Waals surface area (Å²) in [5.41, 5.74) is 6.88. The summed E-state index contributed by atoms with van der Waals surface area (Å²) in [5.74, 6) is 1.79. The maximum Gasteiger partial charge on any atom is 0.0472 e. The molecule has 1 spiro atoms. The summed E-state index contributed by atoms with van der Waals surface area (Å²) < 4.78 is 5.46. The highest BCUT2D eigenvalue weighted by Crippen LogP contribution is 2.59. The minimum atomic E-state index is 0.496. The van der Waals surface area contributed by atoms with Gasteiger partial charge in [0.25, 0.3) is 0 Å². The highest BCUT2D eigenvalue weighted by atomic mass is 16.5. The lowest BCUT2D eigenvalue weighted by atomic mass is 9.65. The van der Waals surface area contributed by atoms with Crippen molar-refractivity contribution in [2.24, 2.45) is 23.0 Å². The minimum absolute atomic E-state index is 0.496. The van der Waals surface area contributed by atoms with Crippen molar-refractivity contribution in [2.75, 3.05) is 13.2 Å². The van der Waals surface area contributed by atoms with Crippen LogP contribution < -0.4 is 5.73 Å². The molecule has 3 atom stereocenters. The first-order valence-electron chi connectivity index (χ1n) is 5.66. The summed E-state index contributed by atoms with van der Waals surface area (Å²) in [5, 5.41) is 0. The Bertz CT molecular complexity index is 206. The molecule has 2 aliphatic carbocycles. The third kappa shape index (κ3) is 0.962. The van der Waals surface area contributed by atoms with Crippen LogP contribution in [0.2, 0.25) is 0 Å². The van der Waals surface area contributed by atoms with Gasteiger partial charge in [-0.05, 0) is 49.4 Å². The number of hydrogen-bond acceptors (Lipinski definition) is 2. The van der Waals surface area contributed by atoms with Gasteiger partial charge < -0.3 is 10.5 Å². The van der Waals surface area contributed by atoms with Crippen molar-refractivity contribution in [1.82, 2.24) is 0 Å². The molecule has 0 aromatic rings. The number of rotatable bonds is 0. The molecule has 3 fully saturated rings. The summed E-state index contributed by atoms with van der Waals surface area (Å²) in [4.78, 5) is 0. The Labute approximate surface area is 79.8 Å². The first-order chi connectivity index (χ1) is 6.33. The van der Waals surface area contributed by atoms with Gasteiger partial charge in [-0.3, -0.25) is 0 Å². The van der Waals surface area contributed by atoms with Gasteiger partial charge in [0.05, 0.1) is 0 Å². The molecule has 3 aliphatic rings. The van der Waals surface area contributed by atoms with Crippen molar-refractivity contribution in [2.45, 2.75) is 38.1 Å². The van der Waals surface area contributed by atoms with Gasteiger partial charge in [-0.2, -0.15) is 0 Å². The van der Waals surface area contributed by atoms with Crippen LogP contribution in [-0.2, 0) is 4.74 Å². The number of fused-ring (bicyclic) bond motifs is 3. The quantitative estimate of drug-likeness (QED) is 0.615. The van der Waals surface area contributed by atoms with Crippen LogP contribution >= 0.6 is 0 Å². The molecular weight excluding hydrogens is 162 g/mol. The predicted octanol–water partition coefficient (Wildman–Crippen LogP) is 1.54. The molecule has 0 aromatic carbocycles. The van der Waals surface area contributed by atoms with Gasteiger partial charge in [0.15, 0.2) is 0 Å². The fourth-order valence-corrected chi connectivity index (χ4v) is 4.10. The van der Waals surface area contributed by atoms with E-state index in [2.05, 4.69) is 0 Å². The molecule has 1 saturated heterocycles. The first-order valence-corrected chi connectivity index (χ1v) is 5.66. The van der Waals surface area contributed by atoms with Crippen LogP contribution in [0.4, 0.5) is 0 Å². The zero-order chi connectivity index (χ0) is 8.89. The van der Waals surface area contributed by atoms with Gasteiger partial charge in [-0.1, -0.05) is 0 Å². The van der Waals surface area contributed by atoms with Crippen LogP contribution in [0, 0.1) is 17.3 Å². The third-order valence-corrected chi connectivity index (χ3v) is 4.88. The van der Waals surface area contributed by atoms with E-state index < -0.39 is 0 Å². The van der Waals surface area contributed by atoms with E-state index >= 15 is 0 Å². The lowest BCUT2D eigenvalue weighted by molar-refractivity contribution is -0.0257. The Morgan fingerprint density at radius 3 is 2.54 bits per heavy atom. The maximum atomic E-state index is 6.37. The number of ether oxygens (including phenoxy) is 1. The Morgan fingerprint density at radius 2 is 1.92 bits per heavy atom. The monoisotopic (exact) mass is 181 g/mol. The maximum absolute atomic E-state index is 6.37. The molecule has 2 N–H and O–H groups in total. The highest BCUT2D eigenvalue weighted by Gasteiger charge is 2.56. The third-order valence-electron chi connectivity index (χ3n) is 4.88. The van der Waals surface area contributed by atoms with E-state index in [1.807, 2.05) is 0 Å². The second-order valence-corrected chi connectivity index (χ2v) is 5.14. The first kappa shape index (κ1) is 8.25. The van der Waals surface area contributed by atoms with Crippen molar-refractivity contribution < 1.29 is 4.74 Å². The van der Waals surface area contributed by atoms with E-state index in [1.54, 1.807) is 0 Å². The second kappa shape index (κ2) is 2.71. The smallest absolute Gasteiger partial charge is 0.0472 e. The van der Waals surface area contributed by atoms with Crippen LogP contribution in [-0.4, -0.2) is 19.3 Å². The minimum Gasteiger partial charge on any atom is -0.381 e. The Kier molecular flexibility index (Phi) is 1.72. The van der Waals surface area contributed by atoms with Gasteiger partial charge >= 0.3 is 0 Å². The van der Waals surface area contributed by atoms with E-state index in [0.29, 0.717) is 11.5 Å². The molecule has 3 rings (SSSR count). The summed E-state index contributed by atoms with van der Waals surface area (Å²) in [7, 11) is 0. The lowest BCUT2D eigenvalue weighted by Gasteiger charge is -2.45. The fraction of sp³-hybridized carbons (Fsp3) is 1.00. The van der Waals surface area contributed by atoms with Gasteiger partial charge in [0.2, 0.25) is 0 Å². The van der Waals surface area contributed by atoms with Crippen molar-refractivity contribution in [3.8, 4) is 0 Å². The molecule has 0 unspecified atom stereocenters. The largest absolute Gasteiger partial charge is 0.381 e. The van der Waals surface area contributed by atoms with Crippen molar-refractivity contribution in [1.29, 1.82) is 0 Å². The molecule has 0 radical (unpaired) electrons. The molecule has 1 aliphatic heterocycles. The van der Waals surface area contributed by atoms with Gasteiger partial charge in [0.1, 0.15) is 0 Å². The topological polar surface area (TPSA) is 35.2 Å². The van der Waals surface area contributed by atoms with Crippen molar-refractivity contribution in [3.05, 3.63) is 0 Å². The van der Waals surface area contributed by atoms with Crippen molar-refractivity contribution >= 4 is 0 Å². The van der Waals surface area contributed by atoms with E-state index in [-0.39, 0.29) is 0 Å². The van der Waals surface area contributed by atoms with E-state index in [4.69, 9.17) is 10.5 Å². The van der Waals surface area contributed by atoms with Crippen LogP contribution in [0.25, 0.3) is 0 Å². The second-order valence-electron chi connectivity index (χ2n) is 5.14. The molecule has 0 aromatic heterocycles. The number of nitrogens with two attached hydrogens (primary N) is 1. The Morgan fingerprint density at radius 1 is 1.15 bits per heavy atom. The van der Waals surface area contributed by atoms with Gasteiger partial charge in [0, 0.05) is 19.3 Å². The van der Waals surface area contributed by atoms with Gasteiger partial charge in [-0.25, -0.2) is 0 Å². The molecule has 74 valence electrons. The summed E-state index contributed by atoms with van der Waals surface area (Å²) >= 11 is 0. The molecule has 13 heavy (non-hydrogen) atoms. The average molecular weight is 181 g/mol. The van der Waals surface area contributed by atoms with E-state index in [1.165, 1.54) is 32.1 Å². The summed E-state index contributed by atoms with van der Waals surface area (Å²) in [6.45, 7) is 1.91. The molecule has 1 heterocycles. The normalized spacial score (nSPS) is 47.3. The molecule has 2 nitrogen and oxygen atoms in total. The lowest BCUT2D eigenvalue weighted by Crippen LogP contribution is -2.49. The standard InChI is InChI=1S/C11H19NO/c12-10-8-1-2-9(7-8)11(10)3-5-13-6-4-11/h8-10H,1-7,12H2/t8-,9+,10-/m1/s1. The average Bonchev–Trinajstić information content (AvgIpc) is 2.73. The van der Waals surface area contributed by atoms with Crippen LogP contribution in [0.1, 0.15) is 32.1 Å². The van der Waals surface area contributed by atoms with E-state index in [0.717, 1.165) is 25.0 Å². The van der Waals surface area contributed by atoms with Crippen LogP contribution in [0.3, 0.4) is 0 Å². The Balaban J connectivity index is 1.88. The Hall–Kier alpha value is -0.0800. The number of hydrogen-bond donors (Lipinski definition) is 1. The van der Waals surface area contributed by atoms with Gasteiger partial charge in [-0.15, -0.1) is 0 Å². The highest BCUT2D eigenvalue weighted by molar-refractivity contribution is 5.08. The molecule has 2 heteroatoms. The molecule has 2 bridgehead atoms. The van der Waals surface area contributed by atoms with E-state index in [9.17, 15) is 0 Å². The molecule has 2 saturated carbocycles. The summed E-state index contributed by atoms with van der Waals surface area (Å²) in [6, 6.07) is 0.496. The summed E-state index contributed by atoms with van der Waals surface area (Å²) in [6.07, 6.45) is 6.72. The predicted molar refractivity (Wildman–Crippen MR) is 51.3 cm³/mol.